The van der Waals surface area contributed by atoms with Gasteiger partial charge in [-0.2, -0.15) is 4.31 Å². The number of nitrogens with zero attached hydrogens (tertiary/aromatic N) is 1. The van der Waals surface area contributed by atoms with E-state index in [4.69, 9.17) is 0 Å². The van der Waals surface area contributed by atoms with Gasteiger partial charge in [0.15, 0.2) is 5.78 Å². The molecule has 1 heterocycles. The molecule has 1 fully saturated rings. The van der Waals surface area contributed by atoms with Gasteiger partial charge in [0.1, 0.15) is 0 Å². The van der Waals surface area contributed by atoms with Crippen LogP contribution in [0.2, 0.25) is 0 Å². The molecule has 1 saturated heterocycles. The van der Waals surface area contributed by atoms with Gasteiger partial charge in [-0.3, -0.25) is 4.79 Å². The summed E-state index contributed by atoms with van der Waals surface area (Å²) >= 11 is 0. The summed E-state index contributed by atoms with van der Waals surface area (Å²) < 4.78 is 28.4. The largest absolute Gasteiger partial charge is 0.289 e. The van der Waals surface area contributed by atoms with E-state index in [0.717, 1.165) is 36.8 Å². The number of sulfonamides is 1. The van der Waals surface area contributed by atoms with Crippen molar-refractivity contribution in [2.24, 2.45) is 0 Å². The van der Waals surface area contributed by atoms with Crippen LogP contribution in [0.5, 0.6) is 0 Å². The molecule has 0 amide bonds. The number of benzene rings is 3. The molecule has 0 radical (unpaired) electrons. The number of carbonyl (C=O) groups is 1. The van der Waals surface area contributed by atoms with Crippen LogP contribution in [0.25, 0.3) is 12.2 Å². The quantitative estimate of drug-likeness (QED) is 0.340. The van der Waals surface area contributed by atoms with E-state index in [1.165, 1.54) is 15.4 Å². The lowest BCUT2D eigenvalue weighted by Crippen LogP contribution is -2.41. The average Bonchev–Trinajstić information content (AvgIpc) is 2.89. The van der Waals surface area contributed by atoms with Gasteiger partial charge in [-0.15, -0.1) is 0 Å². The van der Waals surface area contributed by atoms with Crippen molar-refractivity contribution in [1.82, 2.24) is 4.31 Å². The van der Waals surface area contributed by atoms with E-state index in [9.17, 15) is 13.2 Å². The van der Waals surface area contributed by atoms with Crippen LogP contribution in [0.4, 0.5) is 0 Å². The number of piperidine rings is 1. The molecule has 1 aliphatic heterocycles. The van der Waals surface area contributed by atoms with Crippen molar-refractivity contribution in [2.45, 2.75) is 44.4 Å². The van der Waals surface area contributed by atoms with Gasteiger partial charge in [0, 0.05) is 24.2 Å². The van der Waals surface area contributed by atoms with Crippen LogP contribution < -0.4 is 0 Å². The summed E-state index contributed by atoms with van der Waals surface area (Å²) in [5.41, 5.74) is 5.21. The summed E-state index contributed by atoms with van der Waals surface area (Å²) in [6.45, 7) is 4.37. The number of hydrogen-bond donors (Lipinski definition) is 0. The van der Waals surface area contributed by atoms with E-state index >= 15 is 0 Å². The zero-order valence-electron chi connectivity index (χ0n) is 21.0. The van der Waals surface area contributed by atoms with Gasteiger partial charge in [0.25, 0.3) is 0 Å². The Morgan fingerprint density at radius 1 is 0.694 bits per heavy atom. The summed E-state index contributed by atoms with van der Waals surface area (Å²) in [4.78, 5) is 13.8. The van der Waals surface area contributed by atoms with Crippen molar-refractivity contribution in [1.29, 1.82) is 0 Å². The summed E-state index contributed by atoms with van der Waals surface area (Å²) in [7, 11) is -3.76. The van der Waals surface area contributed by atoms with Crippen molar-refractivity contribution < 1.29 is 13.2 Å². The van der Waals surface area contributed by atoms with Crippen molar-refractivity contribution >= 4 is 28.0 Å². The minimum absolute atomic E-state index is 0.0412. The highest BCUT2D eigenvalue weighted by Gasteiger charge is 2.34. The second-order valence-electron chi connectivity index (χ2n) is 9.24. The first kappa shape index (κ1) is 25.8. The first-order valence-corrected chi connectivity index (χ1v) is 14.0. The monoisotopic (exact) mass is 499 g/mol. The molecule has 0 spiro atoms. The van der Waals surface area contributed by atoms with Gasteiger partial charge in [-0.05, 0) is 59.4 Å². The molecule has 0 bridgehead atoms. The van der Waals surface area contributed by atoms with E-state index in [2.05, 4.69) is 38.1 Å². The Balaban J connectivity index is 1.72. The second-order valence-corrected chi connectivity index (χ2v) is 11.2. The van der Waals surface area contributed by atoms with Gasteiger partial charge in [-0.1, -0.05) is 93.4 Å². The Morgan fingerprint density at radius 2 is 1.14 bits per heavy atom. The lowest BCUT2D eigenvalue weighted by molar-refractivity contribution is -0.113. The van der Waals surface area contributed by atoms with E-state index in [-0.39, 0.29) is 23.8 Å². The first-order valence-electron chi connectivity index (χ1n) is 12.6. The Hall–Kier alpha value is -3.28. The predicted octanol–water partition coefficient (Wildman–Crippen LogP) is 6.33. The van der Waals surface area contributed by atoms with E-state index in [1.54, 1.807) is 30.3 Å². The van der Waals surface area contributed by atoms with Crippen LogP contribution >= 0.6 is 0 Å². The number of aryl methyl sites for hydroxylation is 2. The smallest absolute Gasteiger partial charge is 0.243 e. The highest BCUT2D eigenvalue weighted by Crippen LogP contribution is 2.27. The fraction of sp³-hybridized carbons (Fsp3) is 0.258. The summed E-state index contributed by atoms with van der Waals surface area (Å²) in [6, 6.07) is 24.6. The van der Waals surface area contributed by atoms with Crippen LogP contribution in [-0.4, -0.2) is 31.6 Å². The van der Waals surface area contributed by atoms with E-state index in [1.807, 2.05) is 36.4 Å². The SMILES string of the molecule is CCCc1ccc(/C=C2\CN(S(=O)(=O)c3ccccc3)C/C(=C\c3ccc(CCC)cc3)C2=O)cc1. The van der Waals surface area contributed by atoms with Crippen LogP contribution in [0.1, 0.15) is 48.9 Å². The fourth-order valence-electron chi connectivity index (χ4n) is 4.46. The molecular formula is C31H33NO3S. The van der Waals surface area contributed by atoms with Crippen molar-refractivity contribution in [3.05, 3.63) is 112 Å². The third kappa shape index (κ3) is 6.10. The molecule has 0 atom stereocenters. The number of ketones is 1. The van der Waals surface area contributed by atoms with Gasteiger partial charge in [0.2, 0.25) is 10.0 Å². The minimum Gasteiger partial charge on any atom is -0.289 e. The maximum absolute atomic E-state index is 13.5. The van der Waals surface area contributed by atoms with Gasteiger partial charge < -0.3 is 0 Å². The standard InChI is InChI=1S/C31H33NO3S/c1-3-8-24-12-16-26(17-13-24)20-28-22-32(36(34,35)30-10-6-5-7-11-30)23-29(31(28)33)21-27-18-14-25(9-4-2)15-19-27/h5-7,10-21H,3-4,8-9,22-23H2,1-2H3/b28-20+,29-21+. The van der Waals surface area contributed by atoms with E-state index in [0.29, 0.717) is 11.1 Å². The molecule has 5 heteroatoms. The molecule has 4 rings (SSSR count). The maximum atomic E-state index is 13.5. The summed E-state index contributed by atoms with van der Waals surface area (Å²) in [5, 5.41) is 0. The first-order chi connectivity index (χ1) is 17.4. The molecule has 3 aromatic rings. The van der Waals surface area contributed by atoms with Gasteiger partial charge in [0.05, 0.1) is 4.90 Å². The predicted molar refractivity (Wildman–Crippen MR) is 147 cm³/mol. The highest BCUT2D eigenvalue weighted by atomic mass is 32.2. The zero-order valence-corrected chi connectivity index (χ0v) is 21.8. The van der Waals surface area contributed by atoms with Crippen molar-refractivity contribution in [3.8, 4) is 0 Å². The molecule has 0 aliphatic carbocycles. The normalized spacial score (nSPS) is 17.1. The average molecular weight is 500 g/mol. The Morgan fingerprint density at radius 3 is 1.56 bits per heavy atom. The van der Waals surface area contributed by atoms with Crippen LogP contribution in [0.15, 0.2) is 94.9 Å². The maximum Gasteiger partial charge on any atom is 0.243 e. The Bertz CT molecular complexity index is 1280. The molecule has 0 N–H and O–H groups in total. The lowest BCUT2D eigenvalue weighted by Gasteiger charge is -2.29. The second kappa shape index (κ2) is 11.6. The minimum atomic E-state index is -3.76. The lowest BCUT2D eigenvalue weighted by atomic mass is 9.95. The van der Waals surface area contributed by atoms with Gasteiger partial charge in [-0.25, -0.2) is 8.42 Å². The molecule has 186 valence electrons. The molecule has 1 aliphatic rings. The van der Waals surface area contributed by atoms with Crippen molar-refractivity contribution in [2.75, 3.05) is 13.1 Å². The topological polar surface area (TPSA) is 54.5 Å². The highest BCUT2D eigenvalue weighted by molar-refractivity contribution is 7.89. The molecule has 0 aromatic heterocycles. The van der Waals surface area contributed by atoms with E-state index < -0.39 is 10.0 Å². The summed E-state index contributed by atoms with van der Waals surface area (Å²) in [5.74, 6) is -0.107. The number of carbonyl (C=O) groups excluding carboxylic acids is 1. The molecule has 36 heavy (non-hydrogen) atoms. The number of rotatable bonds is 8. The van der Waals surface area contributed by atoms with Gasteiger partial charge >= 0.3 is 0 Å². The Kier molecular flexibility index (Phi) is 8.34. The number of Topliss-reactive ketones (excluding diaryl/α,β-unsaturated/α-hetero) is 1. The van der Waals surface area contributed by atoms with Crippen LogP contribution in [-0.2, 0) is 27.7 Å². The Labute approximate surface area is 215 Å². The number of hydrogen-bond acceptors (Lipinski definition) is 3. The molecule has 3 aromatic carbocycles. The summed E-state index contributed by atoms with van der Waals surface area (Å²) in [6.07, 6.45) is 7.79. The molecule has 0 unspecified atom stereocenters. The molecular weight excluding hydrogens is 466 g/mol. The third-order valence-electron chi connectivity index (χ3n) is 6.38. The fourth-order valence-corrected chi connectivity index (χ4v) is 5.88. The van der Waals surface area contributed by atoms with Crippen molar-refractivity contribution in [3.63, 3.8) is 0 Å². The molecule has 0 saturated carbocycles. The van der Waals surface area contributed by atoms with Crippen LogP contribution in [0.3, 0.4) is 0 Å². The molecule has 4 nitrogen and oxygen atoms in total. The zero-order chi connectivity index (χ0) is 25.5. The third-order valence-corrected chi connectivity index (χ3v) is 8.18. The van der Waals surface area contributed by atoms with Crippen LogP contribution in [0, 0.1) is 0 Å².